The number of ether oxygens (including phenoxy) is 1. The van der Waals surface area contributed by atoms with Gasteiger partial charge < -0.3 is 14.3 Å². The molecule has 0 saturated carbocycles. The fraction of sp³-hybridized carbons (Fsp3) is 0.200. The lowest BCUT2D eigenvalue weighted by Crippen LogP contribution is -2.30. The van der Waals surface area contributed by atoms with Crippen LogP contribution in [0.3, 0.4) is 0 Å². The highest BCUT2D eigenvalue weighted by molar-refractivity contribution is 6.16. The van der Waals surface area contributed by atoms with Crippen LogP contribution in [0.4, 0.5) is 5.69 Å². The zero-order valence-corrected chi connectivity index (χ0v) is 17.2. The van der Waals surface area contributed by atoms with Gasteiger partial charge in [0.2, 0.25) is 0 Å². The average Bonchev–Trinajstić information content (AvgIpc) is 3.40. The van der Waals surface area contributed by atoms with E-state index in [4.69, 9.17) is 9.15 Å². The van der Waals surface area contributed by atoms with Crippen LogP contribution in [0, 0.1) is 0 Å². The average molecular weight is 417 g/mol. The quantitative estimate of drug-likeness (QED) is 0.571. The standard InChI is InChI=1S/C25H23NO5/c1-2-30-19-11-6-10-18(16-19)26-23(21-12-7-15-31-21)22(24(28)25(26)29)20(27)14-13-17-8-4-3-5-9-17/h3-12,15-16,23,28H,2,13-14H2,1H3. The third kappa shape index (κ3) is 4.10. The van der Waals surface area contributed by atoms with E-state index in [0.717, 1.165) is 5.56 Å². The largest absolute Gasteiger partial charge is 0.503 e. The van der Waals surface area contributed by atoms with Crippen molar-refractivity contribution in [1.29, 1.82) is 0 Å². The minimum Gasteiger partial charge on any atom is -0.503 e. The molecule has 6 heteroatoms. The Kier molecular flexibility index (Phi) is 5.89. The number of ketones is 1. The number of Topliss-reactive ketones (excluding diaryl/α,β-unsaturated/α-hetero) is 1. The molecule has 31 heavy (non-hydrogen) atoms. The van der Waals surface area contributed by atoms with Gasteiger partial charge in [-0.1, -0.05) is 36.4 Å². The summed E-state index contributed by atoms with van der Waals surface area (Å²) in [6.07, 6.45) is 2.16. The number of benzene rings is 2. The molecular weight excluding hydrogens is 394 g/mol. The van der Waals surface area contributed by atoms with Crippen molar-refractivity contribution in [2.75, 3.05) is 11.5 Å². The van der Waals surface area contributed by atoms with Gasteiger partial charge in [-0.2, -0.15) is 0 Å². The molecular formula is C25H23NO5. The Labute approximate surface area is 180 Å². The molecule has 2 aromatic carbocycles. The summed E-state index contributed by atoms with van der Waals surface area (Å²) in [5, 5.41) is 10.7. The normalized spacial score (nSPS) is 16.1. The summed E-state index contributed by atoms with van der Waals surface area (Å²) in [5.74, 6) is -0.476. The van der Waals surface area contributed by atoms with E-state index < -0.39 is 17.7 Å². The van der Waals surface area contributed by atoms with Crippen LogP contribution in [0.15, 0.2) is 88.7 Å². The number of aryl methyl sites for hydroxylation is 1. The van der Waals surface area contributed by atoms with Crippen LogP contribution >= 0.6 is 0 Å². The van der Waals surface area contributed by atoms with Gasteiger partial charge in [-0.15, -0.1) is 0 Å². The summed E-state index contributed by atoms with van der Waals surface area (Å²) >= 11 is 0. The van der Waals surface area contributed by atoms with Crippen LogP contribution in [0.1, 0.15) is 30.7 Å². The summed E-state index contributed by atoms with van der Waals surface area (Å²) in [7, 11) is 0. The van der Waals surface area contributed by atoms with Crippen molar-refractivity contribution in [3.63, 3.8) is 0 Å². The number of aliphatic hydroxyl groups is 1. The minimum absolute atomic E-state index is 0.0534. The van der Waals surface area contributed by atoms with Gasteiger partial charge >= 0.3 is 0 Å². The van der Waals surface area contributed by atoms with E-state index in [-0.39, 0.29) is 17.8 Å². The highest BCUT2D eigenvalue weighted by atomic mass is 16.5. The first-order valence-electron chi connectivity index (χ1n) is 10.2. The summed E-state index contributed by atoms with van der Waals surface area (Å²) in [6, 6.07) is 19.2. The molecule has 1 atom stereocenters. The van der Waals surface area contributed by atoms with Crippen LogP contribution in [0.5, 0.6) is 5.75 Å². The topological polar surface area (TPSA) is 80.0 Å². The van der Waals surface area contributed by atoms with Crippen molar-refractivity contribution >= 4 is 17.4 Å². The zero-order chi connectivity index (χ0) is 21.8. The molecule has 4 rings (SSSR count). The van der Waals surface area contributed by atoms with Crippen LogP contribution < -0.4 is 9.64 Å². The monoisotopic (exact) mass is 417 g/mol. The number of hydrogen-bond acceptors (Lipinski definition) is 5. The fourth-order valence-electron chi connectivity index (χ4n) is 3.80. The van der Waals surface area contributed by atoms with Gasteiger partial charge in [0.1, 0.15) is 17.6 Å². The Morgan fingerprint density at radius 2 is 1.90 bits per heavy atom. The van der Waals surface area contributed by atoms with Crippen LogP contribution in [0.25, 0.3) is 0 Å². The Balaban J connectivity index is 1.68. The first kappa shape index (κ1) is 20.5. The summed E-state index contributed by atoms with van der Waals surface area (Å²) in [5.41, 5.74) is 1.57. The number of rotatable bonds is 8. The zero-order valence-electron chi connectivity index (χ0n) is 17.2. The molecule has 1 amide bonds. The van der Waals surface area contributed by atoms with E-state index in [0.29, 0.717) is 30.2 Å². The summed E-state index contributed by atoms with van der Waals surface area (Å²) in [6.45, 7) is 2.35. The number of aliphatic hydroxyl groups excluding tert-OH is 1. The lowest BCUT2D eigenvalue weighted by atomic mass is 9.96. The van der Waals surface area contributed by atoms with E-state index in [9.17, 15) is 14.7 Å². The summed E-state index contributed by atoms with van der Waals surface area (Å²) in [4.78, 5) is 27.6. The van der Waals surface area contributed by atoms with Gasteiger partial charge in [0.05, 0.1) is 18.4 Å². The van der Waals surface area contributed by atoms with E-state index in [1.807, 2.05) is 37.3 Å². The molecule has 3 aromatic rings. The number of nitrogens with zero attached hydrogens (tertiary/aromatic N) is 1. The van der Waals surface area contributed by atoms with Gasteiger partial charge in [0.25, 0.3) is 5.91 Å². The molecule has 0 saturated heterocycles. The Hall–Kier alpha value is -3.80. The highest BCUT2D eigenvalue weighted by Crippen LogP contribution is 2.42. The molecule has 1 unspecified atom stereocenters. The van der Waals surface area contributed by atoms with Gasteiger partial charge in [-0.3, -0.25) is 14.5 Å². The van der Waals surface area contributed by atoms with Crippen molar-refractivity contribution in [3.8, 4) is 5.75 Å². The van der Waals surface area contributed by atoms with Crippen molar-refractivity contribution in [2.45, 2.75) is 25.8 Å². The van der Waals surface area contributed by atoms with Gasteiger partial charge in [-0.25, -0.2) is 0 Å². The molecule has 6 nitrogen and oxygen atoms in total. The number of hydrogen-bond donors (Lipinski definition) is 1. The molecule has 0 fully saturated rings. The molecule has 0 radical (unpaired) electrons. The fourth-order valence-corrected chi connectivity index (χ4v) is 3.80. The van der Waals surface area contributed by atoms with Crippen molar-refractivity contribution in [2.24, 2.45) is 0 Å². The molecule has 1 aliphatic heterocycles. The van der Waals surface area contributed by atoms with E-state index in [1.54, 1.807) is 36.4 Å². The van der Waals surface area contributed by atoms with E-state index >= 15 is 0 Å². The predicted octanol–water partition coefficient (Wildman–Crippen LogP) is 4.78. The smallest absolute Gasteiger partial charge is 0.294 e. The maximum atomic E-state index is 13.2. The Morgan fingerprint density at radius 3 is 2.61 bits per heavy atom. The second-order valence-corrected chi connectivity index (χ2v) is 7.19. The van der Waals surface area contributed by atoms with Crippen molar-refractivity contribution < 1.29 is 23.8 Å². The Morgan fingerprint density at radius 1 is 1.10 bits per heavy atom. The molecule has 2 heterocycles. The minimum atomic E-state index is -0.845. The number of furan rings is 1. The van der Waals surface area contributed by atoms with Crippen LogP contribution in [0.2, 0.25) is 0 Å². The third-order valence-corrected chi connectivity index (χ3v) is 5.21. The molecule has 1 aliphatic rings. The SMILES string of the molecule is CCOc1cccc(N2C(=O)C(O)=C(C(=O)CCc3ccccc3)C2c2ccco2)c1. The first-order valence-corrected chi connectivity index (χ1v) is 10.2. The number of carbonyl (C=O) groups excluding carboxylic acids is 2. The molecule has 0 aliphatic carbocycles. The summed E-state index contributed by atoms with van der Waals surface area (Å²) < 4.78 is 11.1. The van der Waals surface area contributed by atoms with Gasteiger partial charge in [0, 0.05) is 18.2 Å². The maximum absolute atomic E-state index is 13.2. The molecule has 158 valence electrons. The van der Waals surface area contributed by atoms with E-state index in [1.165, 1.54) is 11.2 Å². The molecule has 0 bridgehead atoms. The lowest BCUT2D eigenvalue weighted by Gasteiger charge is -2.25. The lowest BCUT2D eigenvalue weighted by molar-refractivity contribution is -0.118. The highest BCUT2D eigenvalue weighted by Gasteiger charge is 2.45. The third-order valence-electron chi connectivity index (χ3n) is 5.21. The van der Waals surface area contributed by atoms with Crippen molar-refractivity contribution in [1.82, 2.24) is 0 Å². The number of amides is 1. The number of anilines is 1. The van der Waals surface area contributed by atoms with Crippen molar-refractivity contribution in [3.05, 3.63) is 95.6 Å². The Bertz CT molecular complexity index is 1100. The molecule has 1 N–H and O–H groups in total. The first-order chi connectivity index (χ1) is 15.1. The van der Waals surface area contributed by atoms with E-state index in [2.05, 4.69) is 0 Å². The second kappa shape index (κ2) is 8.92. The molecule has 0 spiro atoms. The van der Waals surface area contributed by atoms with Crippen LogP contribution in [-0.4, -0.2) is 23.4 Å². The van der Waals surface area contributed by atoms with Gasteiger partial charge in [-0.05, 0) is 43.2 Å². The molecule has 1 aromatic heterocycles. The second-order valence-electron chi connectivity index (χ2n) is 7.19. The van der Waals surface area contributed by atoms with Gasteiger partial charge in [0.15, 0.2) is 11.5 Å². The maximum Gasteiger partial charge on any atom is 0.294 e. The predicted molar refractivity (Wildman–Crippen MR) is 116 cm³/mol. The number of carbonyl (C=O) groups is 2. The van der Waals surface area contributed by atoms with Crippen LogP contribution in [-0.2, 0) is 16.0 Å².